The van der Waals surface area contributed by atoms with Crippen molar-refractivity contribution in [2.24, 2.45) is 0 Å². The highest BCUT2D eigenvalue weighted by molar-refractivity contribution is 7.99. The molecule has 3 aromatic rings. The van der Waals surface area contributed by atoms with Crippen molar-refractivity contribution in [1.29, 1.82) is 0 Å². The van der Waals surface area contributed by atoms with Crippen LogP contribution < -0.4 is 9.47 Å². The smallest absolute Gasteiger partial charge is 0.214 e. The lowest BCUT2D eigenvalue weighted by atomic mass is 9.86. The fourth-order valence-electron chi connectivity index (χ4n) is 5.50. The van der Waals surface area contributed by atoms with E-state index in [1.54, 1.807) is 0 Å². The molecule has 1 aromatic heterocycles. The molecule has 0 saturated heterocycles. The molecule has 0 saturated carbocycles. The van der Waals surface area contributed by atoms with Crippen LogP contribution in [0, 0.1) is 27.7 Å². The van der Waals surface area contributed by atoms with Gasteiger partial charge in [-0.3, -0.25) is 0 Å². The molecule has 2 heterocycles. The summed E-state index contributed by atoms with van der Waals surface area (Å²) in [6.07, 6.45) is 8.41. The van der Waals surface area contributed by atoms with Gasteiger partial charge in [-0.25, -0.2) is 4.98 Å². The van der Waals surface area contributed by atoms with Gasteiger partial charge in [-0.1, -0.05) is 18.2 Å². The van der Waals surface area contributed by atoms with Crippen molar-refractivity contribution in [3.8, 4) is 22.8 Å². The lowest BCUT2D eigenvalue weighted by Gasteiger charge is -2.23. The fourth-order valence-corrected chi connectivity index (χ4v) is 6.97. The van der Waals surface area contributed by atoms with E-state index >= 15 is 0 Å². The predicted molar refractivity (Wildman–Crippen MR) is 150 cm³/mol. The fraction of sp³-hybridized carbons (Fsp3) is 0.433. The zero-order chi connectivity index (χ0) is 24.5. The van der Waals surface area contributed by atoms with Gasteiger partial charge < -0.3 is 9.47 Å². The molecule has 3 nitrogen and oxygen atoms in total. The Kier molecular flexibility index (Phi) is 7.36. The van der Waals surface area contributed by atoms with E-state index in [2.05, 4.69) is 63.2 Å². The highest BCUT2D eigenvalue weighted by Crippen LogP contribution is 2.45. The number of benzene rings is 2. The lowest BCUT2D eigenvalue weighted by molar-refractivity contribution is 0.198. The summed E-state index contributed by atoms with van der Waals surface area (Å²) >= 11 is 3.78. The topological polar surface area (TPSA) is 31.4 Å². The van der Waals surface area contributed by atoms with Gasteiger partial charge in [0.2, 0.25) is 5.88 Å². The van der Waals surface area contributed by atoms with Gasteiger partial charge in [-0.05, 0) is 115 Å². The number of hydrogen-bond donors (Lipinski definition) is 0. The predicted octanol–water partition coefficient (Wildman–Crippen LogP) is 7.83. The van der Waals surface area contributed by atoms with Crippen LogP contribution in [-0.4, -0.2) is 29.4 Å². The molecular formula is C30H35NO2S2. The minimum Gasteiger partial charge on any atom is -0.493 e. The van der Waals surface area contributed by atoms with Crippen LogP contribution in [-0.2, 0) is 12.8 Å². The van der Waals surface area contributed by atoms with Crippen molar-refractivity contribution < 1.29 is 9.47 Å². The third-order valence-electron chi connectivity index (χ3n) is 7.59. The quantitative estimate of drug-likeness (QED) is 0.291. The number of nitrogens with zero attached hydrogens (tertiary/aromatic N) is 1. The summed E-state index contributed by atoms with van der Waals surface area (Å²) in [6, 6.07) is 8.86. The van der Waals surface area contributed by atoms with E-state index in [4.69, 9.17) is 9.47 Å². The lowest BCUT2D eigenvalue weighted by Crippen LogP contribution is -2.07. The molecule has 0 fully saturated rings. The summed E-state index contributed by atoms with van der Waals surface area (Å²) in [7, 11) is 0. The molecule has 0 N–H and O–H groups in total. The standard InChI is InChI=1S/C30H35NO2S2/c1-18-20(3)30(32-13-7-14-34-5)21(4)19(2)29(18)25-9-6-8-24-23(25)10-11-26(24)33-28-16-27-22(17-31-28)12-15-35-27/h6,8-9,16-17,26H,7,10-15H2,1-5H3. The molecule has 35 heavy (non-hydrogen) atoms. The van der Waals surface area contributed by atoms with Crippen LogP contribution in [0.15, 0.2) is 35.4 Å². The molecule has 0 radical (unpaired) electrons. The molecule has 1 aliphatic carbocycles. The first-order chi connectivity index (χ1) is 17.0. The van der Waals surface area contributed by atoms with Crippen LogP contribution in [0.3, 0.4) is 0 Å². The molecule has 0 amide bonds. The molecule has 2 aromatic carbocycles. The van der Waals surface area contributed by atoms with Crippen LogP contribution in [0.5, 0.6) is 11.6 Å². The second-order valence-electron chi connectivity index (χ2n) is 9.65. The maximum atomic E-state index is 6.46. The molecule has 1 aliphatic heterocycles. The van der Waals surface area contributed by atoms with Crippen molar-refractivity contribution in [3.63, 3.8) is 0 Å². The van der Waals surface area contributed by atoms with Gasteiger partial charge in [-0.15, -0.1) is 11.8 Å². The third-order valence-corrected chi connectivity index (χ3v) is 9.39. The number of ether oxygens (including phenoxy) is 2. The minimum absolute atomic E-state index is 0.0590. The minimum atomic E-state index is 0.0590. The monoisotopic (exact) mass is 505 g/mol. The second-order valence-corrected chi connectivity index (χ2v) is 11.8. The van der Waals surface area contributed by atoms with E-state index in [0.29, 0.717) is 0 Å². The van der Waals surface area contributed by atoms with E-state index in [-0.39, 0.29) is 6.10 Å². The van der Waals surface area contributed by atoms with E-state index in [1.165, 1.54) is 55.0 Å². The maximum Gasteiger partial charge on any atom is 0.214 e. The normalized spacial score (nSPS) is 16.3. The first kappa shape index (κ1) is 24.6. The van der Waals surface area contributed by atoms with Crippen LogP contribution >= 0.6 is 23.5 Å². The van der Waals surface area contributed by atoms with Gasteiger partial charge in [-0.2, -0.15) is 11.8 Å². The Balaban J connectivity index is 1.46. The average Bonchev–Trinajstić information content (AvgIpc) is 3.50. The first-order valence-corrected chi connectivity index (χ1v) is 15.0. The van der Waals surface area contributed by atoms with E-state index in [9.17, 15) is 0 Å². The zero-order valence-electron chi connectivity index (χ0n) is 21.5. The van der Waals surface area contributed by atoms with Gasteiger partial charge in [0, 0.05) is 22.9 Å². The van der Waals surface area contributed by atoms with Gasteiger partial charge in [0.05, 0.1) is 6.61 Å². The maximum absolute atomic E-state index is 6.46. The third kappa shape index (κ3) is 4.70. The Hall–Kier alpha value is -2.11. The summed E-state index contributed by atoms with van der Waals surface area (Å²) < 4.78 is 12.8. The summed E-state index contributed by atoms with van der Waals surface area (Å²) in [5.74, 6) is 4.10. The van der Waals surface area contributed by atoms with Crippen molar-refractivity contribution >= 4 is 23.5 Å². The Morgan fingerprint density at radius 1 is 1.06 bits per heavy atom. The molecule has 1 atom stereocenters. The van der Waals surface area contributed by atoms with Crippen molar-refractivity contribution in [1.82, 2.24) is 4.98 Å². The number of aryl methyl sites for hydroxylation is 1. The molecule has 1 unspecified atom stereocenters. The van der Waals surface area contributed by atoms with Crippen LogP contribution in [0.25, 0.3) is 11.1 Å². The van der Waals surface area contributed by atoms with Gasteiger partial charge in [0.15, 0.2) is 0 Å². The van der Waals surface area contributed by atoms with Crippen molar-refractivity contribution in [3.05, 3.63) is 69.4 Å². The number of hydrogen-bond acceptors (Lipinski definition) is 5. The number of aromatic nitrogens is 1. The Morgan fingerprint density at radius 3 is 2.63 bits per heavy atom. The number of thioether (sulfide) groups is 2. The largest absolute Gasteiger partial charge is 0.493 e. The molecule has 5 rings (SSSR count). The summed E-state index contributed by atoms with van der Waals surface area (Å²) in [5, 5.41) is 0. The number of fused-ring (bicyclic) bond motifs is 2. The van der Waals surface area contributed by atoms with Crippen LogP contribution in [0.2, 0.25) is 0 Å². The molecular weight excluding hydrogens is 470 g/mol. The Bertz CT molecular complexity index is 1220. The Morgan fingerprint density at radius 2 is 1.86 bits per heavy atom. The highest BCUT2D eigenvalue weighted by Gasteiger charge is 2.29. The van der Waals surface area contributed by atoms with Crippen LogP contribution in [0.4, 0.5) is 0 Å². The summed E-state index contributed by atoms with van der Waals surface area (Å²) in [5.41, 5.74) is 12.0. The van der Waals surface area contributed by atoms with Gasteiger partial charge >= 0.3 is 0 Å². The molecule has 184 valence electrons. The molecule has 5 heteroatoms. The van der Waals surface area contributed by atoms with E-state index in [1.807, 2.05) is 29.7 Å². The van der Waals surface area contributed by atoms with Gasteiger partial charge in [0.1, 0.15) is 11.9 Å². The highest BCUT2D eigenvalue weighted by atomic mass is 32.2. The summed E-state index contributed by atoms with van der Waals surface area (Å²) in [6.45, 7) is 9.69. The molecule has 2 aliphatic rings. The van der Waals surface area contributed by atoms with E-state index in [0.717, 1.165) is 55.4 Å². The van der Waals surface area contributed by atoms with Crippen molar-refractivity contribution in [2.75, 3.05) is 24.4 Å². The zero-order valence-corrected chi connectivity index (χ0v) is 23.1. The SMILES string of the molecule is CSCCCOc1c(C)c(C)c(-c2cccc3c2CCC3Oc2cc3c(cn2)CCS3)c(C)c1C. The number of rotatable bonds is 8. The number of pyridine rings is 1. The Labute approximate surface area is 218 Å². The van der Waals surface area contributed by atoms with Crippen molar-refractivity contribution in [2.45, 2.75) is 64.4 Å². The molecule has 0 bridgehead atoms. The summed E-state index contributed by atoms with van der Waals surface area (Å²) in [4.78, 5) is 5.94. The second kappa shape index (κ2) is 10.5. The van der Waals surface area contributed by atoms with E-state index < -0.39 is 0 Å². The van der Waals surface area contributed by atoms with Crippen LogP contribution in [0.1, 0.15) is 57.9 Å². The van der Waals surface area contributed by atoms with Gasteiger partial charge in [0.25, 0.3) is 0 Å². The first-order valence-electron chi connectivity index (χ1n) is 12.6. The molecule has 0 spiro atoms. The average molecular weight is 506 g/mol.